The van der Waals surface area contributed by atoms with Gasteiger partial charge < -0.3 is 14.0 Å². The summed E-state index contributed by atoms with van der Waals surface area (Å²) in [6.07, 6.45) is -2.86. The Hall–Kier alpha value is -2.96. The summed E-state index contributed by atoms with van der Waals surface area (Å²) in [5.41, 5.74) is 2.24. The highest BCUT2D eigenvalue weighted by atomic mass is 19.4. The largest absolute Gasteiger partial charge is 0.573 e. The van der Waals surface area contributed by atoms with E-state index in [2.05, 4.69) is 9.89 Å². The molecule has 0 radical (unpaired) electrons. The SMILES string of the molecule is Cc1cccc(OCc2c(-c3ccccc3OC(F)(F)F)noc2C2CC2)c1. The van der Waals surface area contributed by atoms with Crippen molar-refractivity contribution in [3.8, 4) is 22.8 Å². The molecule has 4 nitrogen and oxygen atoms in total. The van der Waals surface area contributed by atoms with Crippen LogP contribution in [0.25, 0.3) is 11.3 Å². The van der Waals surface area contributed by atoms with Gasteiger partial charge in [-0.25, -0.2) is 0 Å². The van der Waals surface area contributed by atoms with Crippen molar-refractivity contribution < 1.29 is 27.2 Å². The summed E-state index contributed by atoms with van der Waals surface area (Å²) in [5, 5.41) is 4.07. The van der Waals surface area contributed by atoms with Gasteiger partial charge in [0.05, 0.1) is 5.56 Å². The molecule has 4 rings (SSSR count). The molecule has 1 fully saturated rings. The minimum atomic E-state index is -4.79. The van der Waals surface area contributed by atoms with Crippen molar-refractivity contribution in [1.29, 1.82) is 0 Å². The fourth-order valence-electron chi connectivity index (χ4n) is 3.08. The lowest BCUT2D eigenvalue weighted by Crippen LogP contribution is -2.17. The lowest BCUT2D eigenvalue weighted by molar-refractivity contribution is -0.274. The fourth-order valence-corrected chi connectivity index (χ4v) is 3.08. The highest BCUT2D eigenvalue weighted by Gasteiger charge is 2.35. The molecule has 1 aliphatic rings. The van der Waals surface area contributed by atoms with E-state index in [1.54, 1.807) is 6.07 Å². The van der Waals surface area contributed by atoms with Gasteiger partial charge in [-0.2, -0.15) is 0 Å². The average molecular weight is 389 g/mol. The van der Waals surface area contributed by atoms with Gasteiger partial charge in [0.2, 0.25) is 0 Å². The lowest BCUT2D eigenvalue weighted by Gasteiger charge is -2.13. The molecular weight excluding hydrogens is 371 g/mol. The highest BCUT2D eigenvalue weighted by molar-refractivity contribution is 5.70. The number of aromatic nitrogens is 1. The molecule has 1 aliphatic carbocycles. The number of rotatable bonds is 6. The second-order valence-corrected chi connectivity index (χ2v) is 6.80. The monoisotopic (exact) mass is 389 g/mol. The molecule has 0 unspecified atom stereocenters. The summed E-state index contributed by atoms with van der Waals surface area (Å²) in [6.45, 7) is 2.10. The second kappa shape index (κ2) is 7.22. The molecule has 146 valence electrons. The van der Waals surface area contributed by atoms with Gasteiger partial charge in [-0.05, 0) is 49.6 Å². The maximum Gasteiger partial charge on any atom is 0.573 e. The van der Waals surface area contributed by atoms with Crippen molar-refractivity contribution >= 4 is 0 Å². The molecule has 0 bridgehead atoms. The molecule has 7 heteroatoms. The minimum absolute atomic E-state index is 0.147. The van der Waals surface area contributed by atoms with Crippen molar-refractivity contribution in [3.63, 3.8) is 0 Å². The maximum atomic E-state index is 12.8. The van der Waals surface area contributed by atoms with E-state index in [4.69, 9.17) is 9.26 Å². The average Bonchev–Trinajstić information content (AvgIpc) is 3.39. The van der Waals surface area contributed by atoms with Gasteiger partial charge in [0.25, 0.3) is 0 Å². The number of alkyl halides is 3. The molecule has 1 heterocycles. The van der Waals surface area contributed by atoms with E-state index in [1.165, 1.54) is 18.2 Å². The minimum Gasteiger partial charge on any atom is -0.489 e. The van der Waals surface area contributed by atoms with Crippen LogP contribution < -0.4 is 9.47 Å². The van der Waals surface area contributed by atoms with Gasteiger partial charge in [-0.1, -0.05) is 29.4 Å². The summed E-state index contributed by atoms with van der Waals surface area (Å²) in [7, 11) is 0. The van der Waals surface area contributed by atoms with Crippen molar-refractivity contribution in [3.05, 3.63) is 65.4 Å². The number of ether oxygens (including phenoxy) is 2. The molecule has 0 N–H and O–H groups in total. The van der Waals surface area contributed by atoms with Crippen LogP contribution >= 0.6 is 0 Å². The quantitative estimate of drug-likeness (QED) is 0.518. The number of benzene rings is 2. The van der Waals surface area contributed by atoms with E-state index in [-0.39, 0.29) is 23.8 Å². The van der Waals surface area contributed by atoms with Gasteiger partial charge in [-0.15, -0.1) is 13.2 Å². The van der Waals surface area contributed by atoms with Crippen LogP contribution in [-0.2, 0) is 6.61 Å². The zero-order valence-electron chi connectivity index (χ0n) is 15.1. The van der Waals surface area contributed by atoms with Gasteiger partial charge >= 0.3 is 6.36 Å². The standard InChI is InChI=1S/C21H18F3NO3/c1-13-5-4-6-15(11-13)26-12-17-19(25-28-20(17)14-9-10-14)16-7-2-3-8-18(16)27-21(22,23)24/h2-8,11,14H,9-10,12H2,1H3. The van der Waals surface area contributed by atoms with Gasteiger partial charge in [-0.3, -0.25) is 0 Å². The van der Waals surface area contributed by atoms with Gasteiger partial charge in [0.1, 0.15) is 29.6 Å². The zero-order valence-corrected chi connectivity index (χ0v) is 15.1. The van der Waals surface area contributed by atoms with Crippen molar-refractivity contribution in [2.75, 3.05) is 0 Å². The number of nitrogens with zero attached hydrogens (tertiary/aromatic N) is 1. The van der Waals surface area contributed by atoms with Crippen molar-refractivity contribution in [2.24, 2.45) is 0 Å². The van der Waals surface area contributed by atoms with E-state index in [0.29, 0.717) is 22.8 Å². The summed E-state index contributed by atoms with van der Waals surface area (Å²) >= 11 is 0. The summed E-state index contributed by atoms with van der Waals surface area (Å²) in [4.78, 5) is 0. The Morgan fingerprint density at radius 1 is 1.11 bits per heavy atom. The van der Waals surface area contributed by atoms with Crippen LogP contribution in [0.15, 0.2) is 53.1 Å². The summed E-state index contributed by atoms with van der Waals surface area (Å²) in [5.74, 6) is 1.26. The Balaban J connectivity index is 1.69. The third-order valence-corrected chi connectivity index (χ3v) is 4.51. The Kier molecular flexibility index (Phi) is 4.75. The normalized spacial score (nSPS) is 14.1. The molecule has 0 spiro atoms. The van der Waals surface area contributed by atoms with Gasteiger partial charge in [0.15, 0.2) is 0 Å². The molecule has 1 saturated carbocycles. The van der Waals surface area contributed by atoms with Crippen LogP contribution in [0.1, 0.15) is 35.6 Å². The van der Waals surface area contributed by atoms with Crippen LogP contribution in [0.5, 0.6) is 11.5 Å². The number of hydrogen-bond donors (Lipinski definition) is 0. The topological polar surface area (TPSA) is 44.5 Å². The molecule has 0 atom stereocenters. The predicted octanol–water partition coefficient (Wildman–Crippen LogP) is 6.01. The molecular formula is C21H18F3NO3. The smallest absolute Gasteiger partial charge is 0.489 e. The van der Waals surface area contributed by atoms with Crippen LogP contribution in [0.3, 0.4) is 0 Å². The summed E-state index contributed by atoms with van der Waals surface area (Å²) < 4.78 is 54.0. The number of halogens is 3. The number of hydrogen-bond acceptors (Lipinski definition) is 4. The Bertz CT molecular complexity index is 977. The van der Waals surface area contributed by atoms with E-state index in [1.807, 2.05) is 31.2 Å². The number of aryl methyl sites for hydroxylation is 1. The molecule has 3 aromatic rings. The Labute approximate surface area is 159 Å². The molecule has 0 amide bonds. The molecule has 0 aliphatic heterocycles. The number of para-hydroxylation sites is 1. The Morgan fingerprint density at radius 2 is 1.89 bits per heavy atom. The van der Waals surface area contributed by atoms with E-state index in [9.17, 15) is 13.2 Å². The van der Waals surface area contributed by atoms with Crippen LogP contribution in [0, 0.1) is 6.92 Å². The van der Waals surface area contributed by atoms with E-state index in [0.717, 1.165) is 18.4 Å². The zero-order chi connectivity index (χ0) is 19.7. The predicted molar refractivity (Wildman–Crippen MR) is 96.1 cm³/mol. The maximum absolute atomic E-state index is 12.8. The van der Waals surface area contributed by atoms with Gasteiger partial charge in [0, 0.05) is 11.5 Å². The molecule has 28 heavy (non-hydrogen) atoms. The summed E-state index contributed by atoms with van der Waals surface area (Å²) in [6, 6.07) is 13.5. The lowest BCUT2D eigenvalue weighted by atomic mass is 10.0. The fraction of sp³-hybridized carbons (Fsp3) is 0.286. The van der Waals surface area contributed by atoms with Crippen LogP contribution in [-0.4, -0.2) is 11.5 Å². The molecule has 1 aromatic heterocycles. The molecule has 2 aromatic carbocycles. The third-order valence-electron chi connectivity index (χ3n) is 4.51. The molecule has 0 saturated heterocycles. The van der Waals surface area contributed by atoms with Crippen molar-refractivity contribution in [1.82, 2.24) is 5.16 Å². The highest BCUT2D eigenvalue weighted by Crippen LogP contribution is 2.45. The van der Waals surface area contributed by atoms with E-state index >= 15 is 0 Å². The van der Waals surface area contributed by atoms with Crippen molar-refractivity contribution in [2.45, 2.75) is 38.7 Å². The van der Waals surface area contributed by atoms with Crippen LogP contribution in [0.2, 0.25) is 0 Å². The van der Waals surface area contributed by atoms with Crippen LogP contribution in [0.4, 0.5) is 13.2 Å². The first-order valence-corrected chi connectivity index (χ1v) is 8.94. The Morgan fingerprint density at radius 3 is 2.61 bits per heavy atom. The second-order valence-electron chi connectivity index (χ2n) is 6.80. The van der Waals surface area contributed by atoms with E-state index < -0.39 is 6.36 Å². The first-order chi connectivity index (χ1) is 13.4. The first kappa shape index (κ1) is 18.4. The first-order valence-electron chi connectivity index (χ1n) is 8.94. The third kappa shape index (κ3) is 4.13.